The Balaban J connectivity index is 0.00000180. The third-order valence-corrected chi connectivity index (χ3v) is 4.53. The molecule has 3 nitrogen and oxygen atoms in total. The molecule has 1 aliphatic rings. The zero-order valence-electron chi connectivity index (χ0n) is 10.8. The number of hydrogen-bond donors (Lipinski definition) is 1. The Hall–Kier alpha value is -0.230. The summed E-state index contributed by atoms with van der Waals surface area (Å²) < 4.78 is 1.06. The summed E-state index contributed by atoms with van der Waals surface area (Å²) in [7, 11) is 0. The molecule has 1 aromatic carbocycles. The molecule has 19 heavy (non-hydrogen) atoms. The number of benzene rings is 1. The minimum absolute atomic E-state index is 0. The molecule has 0 saturated carbocycles. The predicted octanol–water partition coefficient (Wildman–Crippen LogP) is 2.78. The minimum atomic E-state index is -0.0238. The Morgan fingerprint density at radius 1 is 1.32 bits per heavy atom. The SMILES string of the molecule is CC(Sc1ccc(Br)cc1)C(=O)N1CCNCC1.Cl. The van der Waals surface area contributed by atoms with Crippen LogP contribution < -0.4 is 5.32 Å². The molecule has 1 atom stereocenters. The standard InChI is InChI=1S/C13H17BrN2OS.ClH/c1-10(13(17)16-8-6-15-7-9-16)18-12-4-2-11(14)3-5-12;/h2-5,10,15H,6-9H2,1H3;1H. The molecule has 1 unspecified atom stereocenters. The maximum atomic E-state index is 12.2. The molecule has 1 saturated heterocycles. The number of halogens is 2. The second-order valence-electron chi connectivity index (χ2n) is 4.29. The fraction of sp³-hybridized carbons (Fsp3) is 0.462. The minimum Gasteiger partial charge on any atom is -0.339 e. The highest BCUT2D eigenvalue weighted by atomic mass is 79.9. The number of carbonyl (C=O) groups excluding carboxylic acids is 1. The number of thioether (sulfide) groups is 1. The number of nitrogens with zero attached hydrogens (tertiary/aromatic N) is 1. The van der Waals surface area contributed by atoms with Gasteiger partial charge in [-0.25, -0.2) is 0 Å². The molecule has 1 amide bonds. The third-order valence-electron chi connectivity index (χ3n) is 2.90. The van der Waals surface area contributed by atoms with Crippen LogP contribution in [-0.4, -0.2) is 42.2 Å². The zero-order chi connectivity index (χ0) is 13.0. The first-order valence-electron chi connectivity index (χ1n) is 6.08. The van der Waals surface area contributed by atoms with E-state index in [0.29, 0.717) is 0 Å². The highest BCUT2D eigenvalue weighted by Crippen LogP contribution is 2.26. The molecule has 0 bridgehead atoms. The zero-order valence-corrected chi connectivity index (χ0v) is 14.0. The van der Waals surface area contributed by atoms with Gasteiger partial charge < -0.3 is 10.2 Å². The lowest BCUT2D eigenvalue weighted by atomic mass is 10.3. The molecule has 0 spiro atoms. The van der Waals surface area contributed by atoms with Gasteiger partial charge in [-0.05, 0) is 31.2 Å². The van der Waals surface area contributed by atoms with Crippen molar-refractivity contribution in [1.29, 1.82) is 0 Å². The maximum absolute atomic E-state index is 12.2. The Morgan fingerprint density at radius 3 is 2.47 bits per heavy atom. The summed E-state index contributed by atoms with van der Waals surface area (Å²) >= 11 is 5.03. The number of amides is 1. The molecule has 1 aliphatic heterocycles. The van der Waals surface area contributed by atoms with E-state index in [1.807, 2.05) is 36.1 Å². The first-order chi connectivity index (χ1) is 8.66. The van der Waals surface area contributed by atoms with Gasteiger partial charge in [0.05, 0.1) is 5.25 Å². The molecule has 0 aliphatic carbocycles. The van der Waals surface area contributed by atoms with Gasteiger partial charge in [-0.1, -0.05) is 15.9 Å². The van der Waals surface area contributed by atoms with Crippen LogP contribution >= 0.6 is 40.1 Å². The first kappa shape index (κ1) is 16.8. The number of carbonyl (C=O) groups is 1. The summed E-state index contributed by atoms with van der Waals surface area (Å²) in [6.45, 7) is 5.44. The average molecular weight is 366 g/mol. The molecule has 1 fully saturated rings. The first-order valence-corrected chi connectivity index (χ1v) is 7.76. The van der Waals surface area contributed by atoms with E-state index in [2.05, 4.69) is 21.2 Å². The lowest BCUT2D eigenvalue weighted by molar-refractivity contribution is -0.130. The molecule has 1 heterocycles. The van der Waals surface area contributed by atoms with Crippen molar-refractivity contribution in [1.82, 2.24) is 10.2 Å². The van der Waals surface area contributed by atoms with E-state index < -0.39 is 0 Å². The van der Waals surface area contributed by atoms with E-state index in [-0.39, 0.29) is 23.6 Å². The Bertz CT molecular complexity index is 410. The van der Waals surface area contributed by atoms with Crippen LogP contribution in [0.15, 0.2) is 33.6 Å². The summed E-state index contributed by atoms with van der Waals surface area (Å²) in [6, 6.07) is 8.08. The third kappa shape index (κ3) is 4.99. The lowest BCUT2D eigenvalue weighted by Crippen LogP contribution is -2.48. The van der Waals surface area contributed by atoms with Crippen LogP contribution in [0.1, 0.15) is 6.92 Å². The maximum Gasteiger partial charge on any atom is 0.235 e. The van der Waals surface area contributed by atoms with Crippen molar-refractivity contribution >= 4 is 46.0 Å². The van der Waals surface area contributed by atoms with Crippen LogP contribution in [0.25, 0.3) is 0 Å². The van der Waals surface area contributed by atoms with Crippen molar-refractivity contribution in [3.8, 4) is 0 Å². The van der Waals surface area contributed by atoms with Crippen molar-refractivity contribution in [3.05, 3.63) is 28.7 Å². The van der Waals surface area contributed by atoms with Crippen LogP contribution in [0.4, 0.5) is 0 Å². The largest absolute Gasteiger partial charge is 0.339 e. The molecule has 6 heteroatoms. The number of hydrogen-bond acceptors (Lipinski definition) is 3. The molecule has 106 valence electrons. The molecule has 2 rings (SSSR count). The van der Waals surface area contributed by atoms with Gasteiger partial charge in [0.25, 0.3) is 0 Å². The molecular weight excluding hydrogens is 348 g/mol. The quantitative estimate of drug-likeness (QED) is 0.836. The van der Waals surface area contributed by atoms with E-state index >= 15 is 0 Å². The van der Waals surface area contributed by atoms with Crippen LogP contribution in [-0.2, 0) is 4.79 Å². The van der Waals surface area contributed by atoms with Gasteiger partial charge >= 0.3 is 0 Å². The summed E-state index contributed by atoms with van der Waals surface area (Å²) in [4.78, 5) is 15.3. The molecular formula is C13H18BrClN2OS. The van der Waals surface area contributed by atoms with Crippen molar-refractivity contribution in [2.24, 2.45) is 0 Å². The Labute approximate surface area is 133 Å². The highest BCUT2D eigenvalue weighted by Gasteiger charge is 2.22. The summed E-state index contributed by atoms with van der Waals surface area (Å²) in [5.41, 5.74) is 0. The van der Waals surface area contributed by atoms with E-state index in [9.17, 15) is 4.79 Å². The fourth-order valence-corrected chi connectivity index (χ4v) is 3.13. The second kappa shape index (κ2) is 8.15. The molecule has 0 aromatic heterocycles. The lowest BCUT2D eigenvalue weighted by Gasteiger charge is -2.29. The van der Waals surface area contributed by atoms with Gasteiger partial charge in [0.2, 0.25) is 5.91 Å². The molecule has 0 radical (unpaired) electrons. The second-order valence-corrected chi connectivity index (χ2v) is 6.62. The summed E-state index contributed by atoms with van der Waals surface area (Å²) in [5, 5.41) is 3.23. The van der Waals surface area contributed by atoms with Crippen molar-refractivity contribution in [2.45, 2.75) is 17.1 Å². The number of rotatable bonds is 3. The number of nitrogens with one attached hydrogen (secondary N) is 1. The van der Waals surface area contributed by atoms with Crippen molar-refractivity contribution in [2.75, 3.05) is 26.2 Å². The van der Waals surface area contributed by atoms with E-state index in [4.69, 9.17) is 0 Å². The highest BCUT2D eigenvalue weighted by molar-refractivity contribution is 9.10. The van der Waals surface area contributed by atoms with Gasteiger partial charge in [-0.15, -0.1) is 24.2 Å². The molecule has 1 aromatic rings. The van der Waals surface area contributed by atoms with Crippen molar-refractivity contribution < 1.29 is 4.79 Å². The fourth-order valence-electron chi connectivity index (χ4n) is 1.91. The van der Waals surface area contributed by atoms with Gasteiger partial charge in [-0.2, -0.15) is 0 Å². The topological polar surface area (TPSA) is 32.3 Å². The summed E-state index contributed by atoms with van der Waals surface area (Å²) in [6.07, 6.45) is 0. The normalized spacial score (nSPS) is 16.6. The van der Waals surface area contributed by atoms with Gasteiger partial charge in [-0.3, -0.25) is 4.79 Å². The van der Waals surface area contributed by atoms with E-state index in [0.717, 1.165) is 35.5 Å². The monoisotopic (exact) mass is 364 g/mol. The van der Waals surface area contributed by atoms with E-state index in [1.165, 1.54) is 0 Å². The van der Waals surface area contributed by atoms with Crippen LogP contribution in [0, 0.1) is 0 Å². The van der Waals surface area contributed by atoms with Crippen LogP contribution in [0.2, 0.25) is 0 Å². The predicted molar refractivity (Wildman–Crippen MR) is 86.2 cm³/mol. The molecule has 1 N–H and O–H groups in total. The van der Waals surface area contributed by atoms with E-state index in [1.54, 1.807) is 11.8 Å². The smallest absolute Gasteiger partial charge is 0.235 e. The van der Waals surface area contributed by atoms with Gasteiger partial charge in [0.15, 0.2) is 0 Å². The van der Waals surface area contributed by atoms with Crippen LogP contribution in [0.3, 0.4) is 0 Å². The summed E-state index contributed by atoms with van der Waals surface area (Å²) in [5.74, 6) is 0.240. The Morgan fingerprint density at radius 2 is 1.89 bits per heavy atom. The number of piperazine rings is 1. The average Bonchev–Trinajstić information content (AvgIpc) is 2.41. The van der Waals surface area contributed by atoms with Gasteiger partial charge in [0.1, 0.15) is 0 Å². The Kier molecular flexibility index (Phi) is 7.21. The van der Waals surface area contributed by atoms with Crippen LogP contribution in [0.5, 0.6) is 0 Å². The van der Waals surface area contributed by atoms with Crippen molar-refractivity contribution in [3.63, 3.8) is 0 Å². The van der Waals surface area contributed by atoms with Gasteiger partial charge in [0, 0.05) is 35.5 Å².